The predicted molar refractivity (Wildman–Crippen MR) is 103 cm³/mol. The van der Waals surface area contributed by atoms with Gasteiger partial charge in [-0.15, -0.1) is 0 Å². The monoisotopic (exact) mass is 356 g/mol. The number of rotatable bonds is 3. The molecule has 3 aliphatic rings. The number of ether oxygens (including phenoxy) is 1. The van der Waals surface area contributed by atoms with E-state index >= 15 is 0 Å². The molecule has 2 N–H and O–H groups in total. The van der Waals surface area contributed by atoms with Crippen molar-refractivity contribution in [3.05, 3.63) is 35.9 Å². The molecular weight excluding hydrogens is 324 g/mol. The maximum absolute atomic E-state index is 13.3. The summed E-state index contributed by atoms with van der Waals surface area (Å²) >= 11 is 0. The highest BCUT2D eigenvalue weighted by molar-refractivity contribution is 5.80. The van der Waals surface area contributed by atoms with Gasteiger partial charge in [-0.25, -0.2) is 0 Å². The van der Waals surface area contributed by atoms with Gasteiger partial charge in [-0.1, -0.05) is 36.8 Å². The molecule has 1 aliphatic carbocycles. The SMILES string of the molecule is NCC1CCCC12CCN(C(=O)[C@@H]1COCC[C@@H]1c1ccccc1)CC2. The Morgan fingerprint density at radius 2 is 1.92 bits per heavy atom. The van der Waals surface area contributed by atoms with Gasteiger partial charge in [0.2, 0.25) is 5.91 Å². The fraction of sp³-hybridized carbons (Fsp3) is 0.682. The Balaban J connectivity index is 1.44. The molecule has 142 valence electrons. The minimum atomic E-state index is -0.0333. The molecule has 26 heavy (non-hydrogen) atoms. The second-order valence-electron chi connectivity index (χ2n) is 8.50. The van der Waals surface area contributed by atoms with Gasteiger partial charge < -0.3 is 15.4 Å². The topological polar surface area (TPSA) is 55.6 Å². The summed E-state index contributed by atoms with van der Waals surface area (Å²) in [5.41, 5.74) is 7.73. The number of carbonyl (C=O) groups excluding carboxylic acids is 1. The Hall–Kier alpha value is -1.39. The summed E-state index contributed by atoms with van der Waals surface area (Å²) < 4.78 is 5.71. The van der Waals surface area contributed by atoms with Crippen LogP contribution in [0.5, 0.6) is 0 Å². The van der Waals surface area contributed by atoms with Crippen molar-refractivity contribution in [3.8, 4) is 0 Å². The lowest BCUT2D eigenvalue weighted by atomic mass is 9.70. The highest BCUT2D eigenvalue weighted by Crippen LogP contribution is 2.50. The molecule has 1 amide bonds. The van der Waals surface area contributed by atoms with Crippen LogP contribution in [0.1, 0.15) is 50.0 Å². The van der Waals surface area contributed by atoms with Crippen molar-refractivity contribution in [2.24, 2.45) is 23.0 Å². The maximum atomic E-state index is 13.3. The van der Waals surface area contributed by atoms with E-state index in [1.807, 2.05) is 6.07 Å². The van der Waals surface area contributed by atoms with Gasteiger partial charge in [0.1, 0.15) is 0 Å². The van der Waals surface area contributed by atoms with Crippen LogP contribution in [0.2, 0.25) is 0 Å². The van der Waals surface area contributed by atoms with Crippen molar-refractivity contribution in [3.63, 3.8) is 0 Å². The van der Waals surface area contributed by atoms with E-state index in [4.69, 9.17) is 10.5 Å². The van der Waals surface area contributed by atoms with Crippen molar-refractivity contribution >= 4 is 5.91 Å². The lowest BCUT2D eigenvalue weighted by molar-refractivity contribution is -0.143. The number of nitrogens with zero attached hydrogens (tertiary/aromatic N) is 1. The van der Waals surface area contributed by atoms with Crippen molar-refractivity contribution in [1.29, 1.82) is 0 Å². The Morgan fingerprint density at radius 3 is 2.65 bits per heavy atom. The van der Waals surface area contributed by atoms with Crippen LogP contribution in [0.3, 0.4) is 0 Å². The highest BCUT2D eigenvalue weighted by atomic mass is 16.5. The molecule has 0 radical (unpaired) electrons. The zero-order valence-electron chi connectivity index (χ0n) is 15.7. The average molecular weight is 357 g/mol. The zero-order chi connectivity index (χ0) is 18.0. The van der Waals surface area contributed by atoms with Gasteiger partial charge in [0.05, 0.1) is 12.5 Å². The van der Waals surface area contributed by atoms with Crippen LogP contribution in [0.15, 0.2) is 30.3 Å². The van der Waals surface area contributed by atoms with E-state index < -0.39 is 0 Å². The van der Waals surface area contributed by atoms with Crippen LogP contribution >= 0.6 is 0 Å². The fourth-order valence-corrected chi connectivity index (χ4v) is 5.72. The number of piperidine rings is 1. The first kappa shape index (κ1) is 18.0. The number of nitrogens with two attached hydrogens (primary N) is 1. The van der Waals surface area contributed by atoms with Crippen molar-refractivity contribution in [2.45, 2.75) is 44.4 Å². The normalized spacial score (nSPS) is 31.3. The molecule has 1 aromatic carbocycles. The van der Waals surface area contributed by atoms with Gasteiger partial charge in [-0.3, -0.25) is 4.79 Å². The molecule has 1 saturated carbocycles. The van der Waals surface area contributed by atoms with Crippen molar-refractivity contribution in [2.75, 3.05) is 32.8 Å². The van der Waals surface area contributed by atoms with Gasteiger partial charge >= 0.3 is 0 Å². The first-order chi connectivity index (χ1) is 12.7. The minimum Gasteiger partial charge on any atom is -0.381 e. The number of benzene rings is 1. The molecule has 1 unspecified atom stereocenters. The molecule has 3 fully saturated rings. The quantitative estimate of drug-likeness (QED) is 0.905. The van der Waals surface area contributed by atoms with E-state index in [1.165, 1.54) is 24.8 Å². The second-order valence-corrected chi connectivity index (χ2v) is 8.50. The van der Waals surface area contributed by atoms with Crippen LogP contribution in [0.25, 0.3) is 0 Å². The summed E-state index contributed by atoms with van der Waals surface area (Å²) in [6.07, 6.45) is 7.08. The lowest BCUT2D eigenvalue weighted by Gasteiger charge is -2.44. The summed E-state index contributed by atoms with van der Waals surface area (Å²) in [5, 5.41) is 0. The molecule has 4 nitrogen and oxygen atoms in total. The predicted octanol–water partition coefficient (Wildman–Crippen LogP) is 3.17. The van der Waals surface area contributed by atoms with Gasteiger partial charge in [0.25, 0.3) is 0 Å². The Morgan fingerprint density at radius 1 is 1.15 bits per heavy atom. The Labute approximate surface area is 157 Å². The van der Waals surface area contributed by atoms with E-state index in [1.54, 1.807) is 0 Å². The van der Waals surface area contributed by atoms with Crippen LogP contribution in [0.4, 0.5) is 0 Å². The fourth-order valence-electron chi connectivity index (χ4n) is 5.72. The van der Waals surface area contributed by atoms with E-state index in [0.29, 0.717) is 23.8 Å². The largest absolute Gasteiger partial charge is 0.381 e. The number of hydrogen-bond acceptors (Lipinski definition) is 3. The first-order valence-corrected chi connectivity index (χ1v) is 10.3. The second kappa shape index (κ2) is 7.69. The van der Waals surface area contributed by atoms with E-state index in [-0.39, 0.29) is 11.8 Å². The zero-order valence-corrected chi connectivity index (χ0v) is 15.7. The number of carbonyl (C=O) groups is 1. The number of likely N-dealkylation sites (tertiary alicyclic amines) is 1. The van der Waals surface area contributed by atoms with E-state index in [2.05, 4.69) is 29.2 Å². The number of amides is 1. The highest BCUT2D eigenvalue weighted by Gasteiger charge is 2.45. The number of hydrogen-bond donors (Lipinski definition) is 1. The summed E-state index contributed by atoms with van der Waals surface area (Å²) in [5.74, 6) is 1.22. The summed E-state index contributed by atoms with van der Waals surface area (Å²) in [4.78, 5) is 15.4. The van der Waals surface area contributed by atoms with Gasteiger partial charge in [0.15, 0.2) is 0 Å². The molecule has 4 rings (SSSR count). The molecule has 0 bridgehead atoms. The smallest absolute Gasteiger partial charge is 0.228 e. The Bertz CT molecular complexity index is 610. The lowest BCUT2D eigenvalue weighted by Crippen LogP contribution is -2.49. The Kier molecular flexibility index (Phi) is 5.32. The van der Waals surface area contributed by atoms with Crippen LogP contribution < -0.4 is 5.73 Å². The molecule has 0 aromatic heterocycles. The van der Waals surface area contributed by atoms with Gasteiger partial charge in [0, 0.05) is 19.7 Å². The molecule has 1 aromatic rings. The summed E-state index contributed by atoms with van der Waals surface area (Å²) in [6.45, 7) is 3.91. The van der Waals surface area contributed by atoms with Crippen LogP contribution in [-0.2, 0) is 9.53 Å². The van der Waals surface area contributed by atoms with Crippen molar-refractivity contribution in [1.82, 2.24) is 4.90 Å². The van der Waals surface area contributed by atoms with E-state index in [9.17, 15) is 4.79 Å². The molecule has 2 aliphatic heterocycles. The standard InChI is InChI=1S/C22H32N2O2/c23-15-18-7-4-9-22(18)10-12-24(13-11-22)21(25)20-16-26-14-8-19(20)17-5-2-1-3-6-17/h1-3,5-6,18-20H,4,7-16,23H2/t18?,19-,20-/m1/s1. The average Bonchev–Trinajstić information content (AvgIpc) is 3.10. The van der Waals surface area contributed by atoms with Crippen molar-refractivity contribution < 1.29 is 9.53 Å². The molecule has 3 atom stereocenters. The van der Waals surface area contributed by atoms with Crippen LogP contribution in [0, 0.1) is 17.3 Å². The van der Waals surface area contributed by atoms with E-state index in [0.717, 1.165) is 45.5 Å². The summed E-state index contributed by atoms with van der Waals surface area (Å²) in [7, 11) is 0. The first-order valence-electron chi connectivity index (χ1n) is 10.3. The third-order valence-corrected chi connectivity index (χ3v) is 7.35. The van der Waals surface area contributed by atoms with Gasteiger partial charge in [-0.2, -0.15) is 0 Å². The maximum Gasteiger partial charge on any atom is 0.228 e. The minimum absolute atomic E-state index is 0.0333. The van der Waals surface area contributed by atoms with Crippen LogP contribution in [-0.4, -0.2) is 43.7 Å². The third-order valence-electron chi connectivity index (χ3n) is 7.35. The van der Waals surface area contributed by atoms with Gasteiger partial charge in [-0.05, 0) is 61.5 Å². The molecule has 1 spiro atoms. The molecule has 2 heterocycles. The third kappa shape index (κ3) is 3.29. The molecule has 2 saturated heterocycles. The molecule has 4 heteroatoms. The molecular formula is C22H32N2O2. The summed E-state index contributed by atoms with van der Waals surface area (Å²) in [6, 6.07) is 10.5.